The molecule has 3 aliphatic rings. The molecule has 2 aliphatic heterocycles. The van der Waals surface area contributed by atoms with Crippen molar-refractivity contribution in [2.24, 2.45) is 0 Å². The van der Waals surface area contributed by atoms with Crippen LogP contribution in [0.4, 0.5) is 0 Å². The van der Waals surface area contributed by atoms with Crippen molar-refractivity contribution in [3.63, 3.8) is 0 Å². The number of rotatable bonds is 4. The molecular weight excluding hydrogens is 250 g/mol. The second-order valence-electron chi connectivity index (χ2n) is 6.82. The third-order valence-corrected chi connectivity index (χ3v) is 5.44. The van der Waals surface area contributed by atoms with Gasteiger partial charge in [0.1, 0.15) is 0 Å². The van der Waals surface area contributed by atoms with Crippen LogP contribution in [0.25, 0.3) is 0 Å². The molecule has 2 heterocycles. The molecule has 0 amide bonds. The molecule has 0 aromatic rings. The maximum Gasteiger partial charge on any atom is 0.0620 e. The van der Waals surface area contributed by atoms with Crippen molar-refractivity contribution in [1.29, 1.82) is 0 Å². The van der Waals surface area contributed by atoms with E-state index in [0.717, 1.165) is 25.8 Å². The average Bonchev–Trinajstić information content (AvgIpc) is 3.03. The summed E-state index contributed by atoms with van der Waals surface area (Å²) in [5.74, 6) is 0. The fourth-order valence-electron chi connectivity index (χ4n) is 4.14. The minimum Gasteiger partial charge on any atom is -0.379 e. The highest BCUT2D eigenvalue weighted by Crippen LogP contribution is 2.25. The molecule has 2 unspecified atom stereocenters. The summed E-state index contributed by atoms with van der Waals surface area (Å²) in [7, 11) is 0. The number of nitrogens with one attached hydrogen (secondary N) is 1. The molecule has 0 aromatic carbocycles. The molecule has 0 aromatic heterocycles. The molecule has 0 radical (unpaired) electrons. The number of piperazine rings is 1. The van der Waals surface area contributed by atoms with Crippen molar-refractivity contribution < 1.29 is 4.74 Å². The van der Waals surface area contributed by atoms with Crippen LogP contribution in [0, 0.1) is 0 Å². The van der Waals surface area contributed by atoms with Gasteiger partial charge in [-0.3, -0.25) is 9.80 Å². The zero-order valence-corrected chi connectivity index (χ0v) is 13.0. The van der Waals surface area contributed by atoms with E-state index in [-0.39, 0.29) is 0 Å². The highest BCUT2D eigenvalue weighted by Gasteiger charge is 2.28. The Labute approximate surface area is 123 Å². The first kappa shape index (κ1) is 14.8. The first-order valence-corrected chi connectivity index (χ1v) is 8.62. The lowest BCUT2D eigenvalue weighted by Crippen LogP contribution is -2.53. The van der Waals surface area contributed by atoms with Crippen molar-refractivity contribution in [3.8, 4) is 0 Å². The van der Waals surface area contributed by atoms with E-state index in [2.05, 4.69) is 22.0 Å². The number of hydrogen-bond acceptors (Lipinski definition) is 4. The summed E-state index contributed by atoms with van der Waals surface area (Å²) in [6, 6.07) is 2.15. The smallest absolute Gasteiger partial charge is 0.0620 e. The van der Waals surface area contributed by atoms with E-state index < -0.39 is 0 Å². The lowest BCUT2D eigenvalue weighted by Gasteiger charge is -2.41. The van der Waals surface area contributed by atoms with Gasteiger partial charge in [-0.1, -0.05) is 12.8 Å². The van der Waals surface area contributed by atoms with Crippen molar-refractivity contribution >= 4 is 0 Å². The zero-order valence-electron chi connectivity index (χ0n) is 13.0. The van der Waals surface area contributed by atoms with Gasteiger partial charge in [0.05, 0.1) is 13.2 Å². The highest BCUT2D eigenvalue weighted by molar-refractivity contribution is 4.85. The molecule has 4 heteroatoms. The second-order valence-corrected chi connectivity index (χ2v) is 6.82. The van der Waals surface area contributed by atoms with E-state index >= 15 is 0 Å². The van der Waals surface area contributed by atoms with Crippen LogP contribution in [0.1, 0.15) is 39.0 Å². The normalized spacial score (nSPS) is 32.5. The lowest BCUT2D eigenvalue weighted by molar-refractivity contribution is 0.0434. The van der Waals surface area contributed by atoms with Crippen LogP contribution >= 0.6 is 0 Å². The first-order valence-electron chi connectivity index (χ1n) is 8.62. The summed E-state index contributed by atoms with van der Waals surface area (Å²) in [4.78, 5) is 5.43. The first-order chi connectivity index (χ1) is 9.83. The van der Waals surface area contributed by atoms with Gasteiger partial charge in [-0.25, -0.2) is 0 Å². The van der Waals surface area contributed by atoms with Crippen LogP contribution < -0.4 is 5.32 Å². The van der Waals surface area contributed by atoms with Crippen molar-refractivity contribution in [2.75, 3.05) is 45.9 Å². The van der Waals surface area contributed by atoms with E-state index in [1.54, 1.807) is 0 Å². The lowest BCUT2D eigenvalue weighted by atomic mass is 10.1. The van der Waals surface area contributed by atoms with Gasteiger partial charge in [-0.2, -0.15) is 0 Å². The Balaban J connectivity index is 1.40. The van der Waals surface area contributed by atoms with E-state index in [1.807, 2.05) is 0 Å². The summed E-state index contributed by atoms with van der Waals surface area (Å²) in [6.07, 6.45) is 7.02. The Morgan fingerprint density at radius 2 is 1.90 bits per heavy atom. The molecule has 3 rings (SSSR count). The molecule has 0 spiro atoms. The maximum atomic E-state index is 5.57. The standard InChI is InChI=1S/C16H31N3O/c1-14(12-15-13-20-11-6-17-15)18-7-9-19(10-8-18)16-4-2-3-5-16/h14-17H,2-13H2,1H3. The fourth-order valence-corrected chi connectivity index (χ4v) is 4.14. The quantitative estimate of drug-likeness (QED) is 0.841. The number of morpholine rings is 1. The van der Waals surface area contributed by atoms with Crippen molar-refractivity contribution in [1.82, 2.24) is 15.1 Å². The van der Waals surface area contributed by atoms with E-state index in [9.17, 15) is 0 Å². The van der Waals surface area contributed by atoms with Gasteiger partial charge in [-0.15, -0.1) is 0 Å². The van der Waals surface area contributed by atoms with Crippen LogP contribution in [-0.4, -0.2) is 73.9 Å². The maximum absolute atomic E-state index is 5.57. The van der Waals surface area contributed by atoms with Crippen molar-refractivity contribution in [2.45, 2.75) is 57.2 Å². The molecule has 116 valence electrons. The minimum atomic E-state index is 0.562. The Hall–Kier alpha value is -0.160. The van der Waals surface area contributed by atoms with E-state index in [4.69, 9.17) is 4.74 Å². The molecule has 1 saturated carbocycles. The SMILES string of the molecule is CC(CC1COCCN1)N1CCN(C2CCCC2)CC1. The van der Waals surface area contributed by atoms with Gasteiger partial charge in [0.25, 0.3) is 0 Å². The Morgan fingerprint density at radius 3 is 2.55 bits per heavy atom. The van der Waals surface area contributed by atoms with Crippen LogP contribution in [0.3, 0.4) is 0 Å². The molecular formula is C16H31N3O. The third-order valence-electron chi connectivity index (χ3n) is 5.44. The van der Waals surface area contributed by atoms with Gasteiger partial charge >= 0.3 is 0 Å². The summed E-state index contributed by atoms with van der Waals surface area (Å²) in [6.45, 7) is 10.3. The Bertz CT molecular complexity index is 279. The summed E-state index contributed by atoms with van der Waals surface area (Å²) >= 11 is 0. The second kappa shape index (κ2) is 7.21. The number of ether oxygens (including phenoxy) is 1. The molecule has 2 atom stereocenters. The predicted molar refractivity (Wildman–Crippen MR) is 82.1 cm³/mol. The van der Waals surface area contributed by atoms with Gasteiger partial charge in [0, 0.05) is 50.8 Å². The predicted octanol–water partition coefficient (Wildman–Crippen LogP) is 1.31. The summed E-state index contributed by atoms with van der Waals surface area (Å²) < 4.78 is 5.57. The molecule has 2 saturated heterocycles. The Morgan fingerprint density at radius 1 is 1.15 bits per heavy atom. The Kier molecular flexibility index (Phi) is 5.32. The largest absolute Gasteiger partial charge is 0.379 e. The van der Waals surface area contributed by atoms with E-state index in [0.29, 0.717) is 12.1 Å². The van der Waals surface area contributed by atoms with Crippen LogP contribution in [0.5, 0.6) is 0 Å². The molecule has 1 N–H and O–H groups in total. The monoisotopic (exact) mass is 281 g/mol. The summed E-state index contributed by atoms with van der Waals surface area (Å²) in [5.41, 5.74) is 0. The van der Waals surface area contributed by atoms with Gasteiger partial charge in [0.2, 0.25) is 0 Å². The van der Waals surface area contributed by atoms with Gasteiger partial charge < -0.3 is 10.1 Å². The zero-order chi connectivity index (χ0) is 13.8. The topological polar surface area (TPSA) is 27.7 Å². The fraction of sp³-hybridized carbons (Fsp3) is 1.00. The highest BCUT2D eigenvalue weighted by atomic mass is 16.5. The average molecular weight is 281 g/mol. The van der Waals surface area contributed by atoms with E-state index in [1.165, 1.54) is 58.3 Å². The van der Waals surface area contributed by atoms with Crippen LogP contribution in [0.2, 0.25) is 0 Å². The van der Waals surface area contributed by atoms with Crippen LogP contribution in [0.15, 0.2) is 0 Å². The van der Waals surface area contributed by atoms with Crippen LogP contribution in [-0.2, 0) is 4.74 Å². The minimum absolute atomic E-state index is 0.562. The molecule has 20 heavy (non-hydrogen) atoms. The molecule has 0 bridgehead atoms. The van der Waals surface area contributed by atoms with Crippen molar-refractivity contribution in [3.05, 3.63) is 0 Å². The summed E-state index contributed by atoms with van der Waals surface area (Å²) in [5, 5.41) is 3.58. The molecule has 1 aliphatic carbocycles. The molecule has 3 fully saturated rings. The molecule has 4 nitrogen and oxygen atoms in total. The number of nitrogens with zero attached hydrogens (tertiary/aromatic N) is 2. The van der Waals surface area contributed by atoms with Gasteiger partial charge in [0.15, 0.2) is 0 Å². The third kappa shape index (κ3) is 3.73. The van der Waals surface area contributed by atoms with Gasteiger partial charge in [-0.05, 0) is 26.2 Å². The number of hydrogen-bond donors (Lipinski definition) is 1.